The first-order chi connectivity index (χ1) is 7.71. The topological polar surface area (TPSA) is 50.9 Å². The van der Waals surface area contributed by atoms with Gasteiger partial charge in [-0.05, 0) is 61.9 Å². The molecule has 0 aromatic carbocycles. The smallest absolute Gasteiger partial charge is 0.0375 e. The lowest BCUT2D eigenvalue weighted by Gasteiger charge is -2.37. The van der Waals surface area contributed by atoms with Crippen LogP contribution < -0.4 is 11.1 Å². The first-order valence-corrected chi connectivity index (χ1v) is 6.13. The van der Waals surface area contributed by atoms with Crippen LogP contribution in [-0.4, -0.2) is 18.1 Å². The van der Waals surface area contributed by atoms with E-state index in [2.05, 4.69) is 23.3 Å². The molecule has 1 spiro atoms. The summed E-state index contributed by atoms with van der Waals surface area (Å²) < 4.78 is 0. The van der Waals surface area contributed by atoms with E-state index in [0.29, 0.717) is 5.41 Å². The number of aromatic nitrogens is 1. The fourth-order valence-corrected chi connectivity index (χ4v) is 3.29. The predicted octanol–water partition coefficient (Wildman–Crippen LogP) is 2.58. The van der Waals surface area contributed by atoms with Crippen LogP contribution in [0.2, 0.25) is 0 Å². The minimum Gasteiger partial charge on any atom is -0.323 e. The highest BCUT2D eigenvalue weighted by atomic mass is 35.5. The number of hydrogen-bond donors (Lipinski definition) is 2. The van der Waals surface area contributed by atoms with Crippen LogP contribution in [-0.2, 0) is 6.42 Å². The standard InChI is InChI=1S/C13H19N3.3ClH/c1-9-6-10-7-13(2-4-15-5-3-13)12(14)11(10)8-16-9;;;/h6,8,12,15H,2-5,7,14H2,1H3;3*1H/t12-;;;/m1.../s1. The number of aryl methyl sites for hydroxylation is 1. The van der Waals surface area contributed by atoms with Crippen molar-refractivity contribution < 1.29 is 0 Å². The lowest BCUT2D eigenvalue weighted by Crippen LogP contribution is -2.42. The maximum Gasteiger partial charge on any atom is 0.0375 e. The van der Waals surface area contributed by atoms with Crippen LogP contribution in [0.15, 0.2) is 12.3 Å². The van der Waals surface area contributed by atoms with Gasteiger partial charge in [0.25, 0.3) is 0 Å². The van der Waals surface area contributed by atoms with Crippen LogP contribution in [0.5, 0.6) is 0 Å². The number of hydrogen-bond acceptors (Lipinski definition) is 3. The molecular weight excluding hydrogens is 305 g/mol. The number of nitrogens with zero attached hydrogens (tertiary/aromatic N) is 1. The van der Waals surface area contributed by atoms with E-state index >= 15 is 0 Å². The highest BCUT2D eigenvalue weighted by Gasteiger charge is 2.44. The number of piperidine rings is 1. The van der Waals surface area contributed by atoms with E-state index in [-0.39, 0.29) is 43.3 Å². The lowest BCUT2D eigenvalue weighted by atomic mass is 9.74. The number of rotatable bonds is 0. The van der Waals surface area contributed by atoms with Crippen LogP contribution in [0.3, 0.4) is 0 Å². The Labute approximate surface area is 133 Å². The first kappa shape index (κ1) is 18.9. The zero-order valence-corrected chi connectivity index (χ0v) is 13.5. The number of nitrogens with two attached hydrogens (primary N) is 1. The fraction of sp³-hybridized carbons (Fsp3) is 0.615. The molecule has 1 aromatic rings. The molecule has 6 heteroatoms. The van der Waals surface area contributed by atoms with Crippen molar-refractivity contribution in [3.05, 3.63) is 29.1 Å². The van der Waals surface area contributed by atoms with E-state index in [0.717, 1.165) is 25.2 Å². The summed E-state index contributed by atoms with van der Waals surface area (Å²) in [7, 11) is 0. The maximum atomic E-state index is 6.44. The molecule has 3 rings (SSSR count). The van der Waals surface area contributed by atoms with Gasteiger partial charge in [0.2, 0.25) is 0 Å². The SMILES string of the molecule is Cc1cc2c(cn1)[C@@H](N)C1(CCNCC1)C2.Cl.Cl.Cl. The molecule has 0 bridgehead atoms. The van der Waals surface area contributed by atoms with E-state index < -0.39 is 0 Å². The second kappa shape index (κ2) is 7.09. The maximum absolute atomic E-state index is 6.44. The largest absolute Gasteiger partial charge is 0.323 e. The predicted molar refractivity (Wildman–Crippen MR) is 85.9 cm³/mol. The van der Waals surface area contributed by atoms with Crippen LogP contribution in [0, 0.1) is 12.3 Å². The fourth-order valence-electron chi connectivity index (χ4n) is 3.29. The molecule has 1 aromatic heterocycles. The second-order valence-corrected chi connectivity index (χ2v) is 5.29. The molecule has 0 saturated carbocycles. The summed E-state index contributed by atoms with van der Waals surface area (Å²) in [5.74, 6) is 0. The van der Waals surface area contributed by atoms with Crippen LogP contribution in [0.4, 0.5) is 0 Å². The molecule has 3 nitrogen and oxygen atoms in total. The van der Waals surface area contributed by atoms with E-state index in [9.17, 15) is 0 Å². The summed E-state index contributed by atoms with van der Waals surface area (Å²) in [5.41, 5.74) is 10.6. The molecule has 1 aliphatic heterocycles. The molecule has 3 N–H and O–H groups in total. The summed E-state index contributed by atoms with van der Waals surface area (Å²) in [6.45, 7) is 4.27. The monoisotopic (exact) mass is 325 g/mol. The number of fused-ring (bicyclic) bond motifs is 1. The summed E-state index contributed by atoms with van der Waals surface area (Å²) in [6.07, 6.45) is 5.53. The third-order valence-corrected chi connectivity index (χ3v) is 4.30. The Morgan fingerprint density at radius 3 is 2.53 bits per heavy atom. The van der Waals surface area contributed by atoms with Gasteiger partial charge in [0.15, 0.2) is 0 Å². The number of halogens is 3. The second-order valence-electron chi connectivity index (χ2n) is 5.29. The third-order valence-electron chi connectivity index (χ3n) is 4.30. The molecule has 0 radical (unpaired) electrons. The summed E-state index contributed by atoms with van der Waals surface area (Å²) in [6, 6.07) is 2.41. The van der Waals surface area contributed by atoms with E-state index in [1.807, 2.05) is 6.20 Å². The average molecular weight is 327 g/mol. The van der Waals surface area contributed by atoms with Crippen molar-refractivity contribution in [1.29, 1.82) is 0 Å². The molecule has 0 amide bonds. The van der Waals surface area contributed by atoms with Gasteiger partial charge in [-0.2, -0.15) is 0 Å². The van der Waals surface area contributed by atoms with E-state index in [1.165, 1.54) is 24.0 Å². The summed E-state index contributed by atoms with van der Waals surface area (Å²) in [5, 5.41) is 3.42. The van der Waals surface area contributed by atoms with Gasteiger partial charge in [-0.3, -0.25) is 4.98 Å². The van der Waals surface area contributed by atoms with Crippen LogP contribution in [0.25, 0.3) is 0 Å². The van der Waals surface area contributed by atoms with Gasteiger partial charge in [0, 0.05) is 17.9 Å². The Kier molecular flexibility index (Phi) is 7.07. The van der Waals surface area contributed by atoms with Crippen molar-refractivity contribution in [2.75, 3.05) is 13.1 Å². The summed E-state index contributed by atoms with van der Waals surface area (Å²) in [4.78, 5) is 4.38. The van der Waals surface area contributed by atoms with Crippen LogP contribution in [0.1, 0.15) is 35.7 Å². The molecule has 1 fully saturated rings. The van der Waals surface area contributed by atoms with Gasteiger partial charge in [-0.15, -0.1) is 37.2 Å². The molecule has 1 aliphatic carbocycles. The minimum atomic E-state index is 0. The molecule has 2 heterocycles. The molecule has 2 aliphatic rings. The Hall–Kier alpha value is -0.0600. The Morgan fingerprint density at radius 1 is 1.26 bits per heavy atom. The number of pyridine rings is 1. The van der Waals surface area contributed by atoms with Crippen LogP contribution >= 0.6 is 37.2 Å². The van der Waals surface area contributed by atoms with Gasteiger partial charge in [-0.1, -0.05) is 0 Å². The average Bonchev–Trinajstić information content (AvgIpc) is 2.53. The Balaban J connectivity index is 0.00000108. The minimum absolute atomic E-state index is 0. The third kappa shape index (κ3) is 3.17. The summed E-state index contributed by atoms with van der Waals surface area (Å²) >= 11 is 0. The molecule has 0 unspecified atom stereocenters. The van der Waals surface area contributed by atoms with Crippen molar-refractivity contribution in [2.24, 2.45) is 11.1 Å². The van der Waals surface area contributed by atoms with Crippen molar-refractivity contribution >= 4 is 37.2 Å². The zero-order valence-electron chi connectivity index (χ0n) is 11.0. The Bertz CT molecular complexity index is 420. The van der Waals surface area contributed by atoms with Gasteiger partial charge in [0.1, 0.15) is 0 Å². The van der Waals surface area contributed by atoms with Gasteiger partial charge >= 0.3 is 0 Å². The molecule has 19 heavy (non-hydrogen) atoms. The molecule has 1 atom stereocenters. The number of nitrogens with one attached hydrogen (secondary N) is 1. The van der Waals surface area contributed by atoms with E-state index in [1.54, 1.807) is 0 Å². The first-order valence-electron chi connectivity index (χ1n) is 6.13. The quantitative estimate of drug-likeness (QED) is 0.770. The zero-order chi connectivity index (χ0) is 11.2. The van der Waals surface area contributed by atoms with Gasteiger partial charge < -0.3 is 11.1 Å². The van der Waals surface area contributed by atoms with E-state index in [4.69, 9.17) is 5.73 Å². The highest BCUT2D eigenvalue weighted by molar-refractivity contribution is 5.86. The van der Waals surface area contributed by atoms with Crippen molar-refractivity contribution in [3.8, 4) is 0 Å². The molecule has 110 valence electrons. The normalized spacial score (nSPS) is 22.7. The molecular formula is C13H22Cl3N3. The van der Waals surface area contributed by atoms with Gasteiger partial charge in [0.05, 0.1) is 0 Å². The van der Waals surface area contributed by atoms with Crippen molar-refractivity contribution in [2.45, 2.75) is 32.2 Å². The van der Waals surface area contributed by atoms with Crippen molar-refractivity contribution in [1.82, 2.24) is 10.3 Å². The lowest BCUT2D eigenvalue weighted by molar-refractivity contribution is 0.174. The Morgan fingerprint density at radius 2 is 1.89 bits per heavy atom. The van der Waals surface area contributed by atoms with Crippen molar-refractivity contribution in [3.63, 3.8) is 0 Å². The van der Waals surface area contributed by atoms with Gasteiger partial charge in [-0.25, -0.2) is 0 Å². The highest BCUT2D eigenvalue weighted by Crippen LogP contribution is 2.49. The molecule has 1 saturated heterocycles.